The quantitative estimate of drug-likeness (QED) is 0.222. The van der Waals surface area contributed by atoms with Gasteiger partial charge in [-0.2, -0.15) is 0 Å². The number of benzene rings is 2. The first-order valence-corrected chi connectivity index (χ1v) is 10.3. The van der Waals surface area contributed by atoms with E-state index in [-0.39, 0.29) is 0 Å². The summed E-state index contributed by atoms with van der Waals surface area (Å²) in [5, 5.41) is 0.671. The van der Waals surface area contributed by atoms with Crippen LogP contribution in [0.25, 0.3) is 16.7 Å². The van der Waals surface area contributed by atoms with E-state index in [2.05, 4.69) is 60.7 Å². The Kier molecular flexibility index (Phi) is 9.41. The number of hydrogen-bond donors (Lipinski definition) is 0. The van der Waals surface area contributed by atoms with Crippen LogP contribution in [0.1, 0.15) is 18.1 Å². The molecule has 2 aromatic rings. The fourth-order valence-electron chi connectivity index (χ4n) is 2.94. The molecule has 0 aromatic heterocycles. The molecule has 0 heterocycles. The molecule has 2 nitrogen and oxygen atoms in total. The Morgan fingerprint density at radius 3 is 2.16 bits per heavy atom. The van der Waals surface area contributed by atoms with Crippen LogP contribution in [0.15, 0.2) is 125 Å². The van der Waals surface area contributed by atoms with E-state index in [9.17, 15) is 0 Å². The molecule has 0 unspecified atom stereocenters. The van der Waals surface area contributed by atoms with Crippen molar-refractivity contribution in [1.29, 1.82) is 0 Å². The summed E-state index contributed by atoms with van der Waals surface area (Å²) in [6.45, 7) is 17.5. The minimum Gasteiger partial charge on any atom is -0.261 e. The highest BCUT2D eigenvalue weighted by Gasteiger charge is 2.06. The normalized spacial score (nSPS) is 13.0. The van der Waals surface area contributed by atoms with Gasteiger partial charge in [-0.3, -0.25) is 4.99 Å². The zero-order valence-corrected chi connectivity index (χ0v) is 18.6. The molecule has 0 atom stereocenters. The molecule has 0 spiro atoms. The third-order valence-corrected chi connectivity index (χ3v) is 4.92. The van der Waals surface area contributed by atoms with Crippen LogP contribution in [-0.2, 0) is 0 Å². The van der Waals surface area contributed by atoms with Gasteiger partial charge in [-0.05, 0) is 59.7 Å². The first kappa shape index (κ1) is 23.8. The molecule has 0 aliphatic heterocycles. The summed E-state index contributed by atoms with van der Waals surface area (Å²) in [6.07, 6.45) is 10.9. The van der Waals surface area contributed by atoms with Crippen molar-refractivity contribution in [3.05, 3.63) is 126 Å². The lowest BCUT2D eigenvalue weighted by atomic mass is 9.97. The molecule has 3 heteroatoms. The number of hydrogen-bond acceptors (Lipinski definition) is 1. The van der Waals surface area contributed by atoms with Crippen LogP contribution in [0.2, 0.25) is 0 Å². The monoisotopic (exact) mass is 426 g/mol. The lowest BCUT2D eigenvalue weighted by Gasteiger charge is -2.09. The maximum Gasteiger partial charge on any atom is 0.154 e. The molecule has 156 valence electrons. The minimum absolute atomic E-state index is 0.461. The summed E-state index contributed by atoms with van der Waals surface area (Å²) >= 11 is 6.19. The third-order valence-electron chi connectivity index (χ3n) is 4.59. The molecule has 0 aliphatic carbocycles. The van der Waals surface area contributed by atoms with E-state index in [0.29, 0.717) is 17.4 Å². The molecule has 0 bridgehead atoms. The Bertz CT molecular complexity index is 1100. The summed E-state index contributed by atoms with van der Waals surface area (Å²) in [5.74, 6) is 0.585. The smallest absolute Gasteiger partial charge is 0.154 e. The summed E-state index contributed by atoms with van der Waals surface area (Å²) < 4.78 is 0. The number of amidine groups is 1. The van der Waals surface area contributed by atoms with E-state index in [4.69, 9.17) is 11.6 Å². The fraction of sp³-hybridized carbons (Fsp3) is 0.0714. The predicted octanol–water partition coefficient (Wildman–Crippen LogP) is 7.81. The van der Waals surface area contributed by atoms with Crippen molar-refractivity contribution in [3.63, 3.8) is 0 Å². The van der Waals surface area contributed by atoms with E-state index in [1.54, 1.807) is 12.2 Å². The van der Waals surface area contributed by atoms with Crippen LogP contribution < -0.4 is 0 Å². The van der Waals surface area contributed by atoms with Crippen molar-refractivity contribution >= 4 is 29.7 Å². The van der Waals surface area contributed by atoms with Crippen LogP contribution in [0, 0.1) is 0 Å². The van der Waals surface area contributed by atoms with Crippen molar-refractivity contribution in [1.82, 2.24) is 0 Å². The SMILES string of the molecule is C=C/C=C(\C=C)CN=C(N=C)c1cccc(-c2cccc(/C(C=C)=C/C(Cl)=C\C)c2)c1. The Hall–Kier alpha value is -3.49. The number of nitrogens with zero attached hydrogens (tertiary/aromatic N) is 2. The summed E-state index contributed by atoms with van der Waals surface area (Å²) in [7, 11) is 0. The van der Waals surface area contributed by atoms with Gasteiger partial charge in [0.25, 0.3) is 0 Å². The Balaban J connectivity index is 2.43. The van der Waals surface area contributed by atoms with Crippen molar-refractivity contribution in [3.8, 4) is 11.1 Å². The summed E-state index contributed by atoms with van der Waals surface area (Å²) in [4.78, 5) is 8.72. The van der Waals surface area contributed by atoms with Gasteiger partial charge < -0.3 is 0 Å². The molecular formula is C28H27ClN2. The lowest BCUT2D eigenvalue weighted by molar-refractivity contribution is 1.17. The van der Waals surface area contributed by atoms with E-state index < -0.39 is 0 Å². The van der Waals surface area contributed by atoms with Crippen LogP contribution in [0.5, 0.6) is 0 Å². The zero-order valence-electron chi connectivity index (χ0n) is 17.9. The molecule has 0 amide bonds. The van der Waals surface area contributed by atoms with E-state index in [1.807, 2.05) is 55.5 Å². The lowest BCUT2D eigenvalue weighted by Crippen LogP contribution is -1.99. The molecule has 2 aromatic carbocycles. The van der Waals surface area contributed by atoms with Gasteiger partial charge in [-0.1, -0.05) is 98.1 Å². The average Bonchev–Trinajstić information content (AvgIpc) is 2.82. The molecule has 31 heavy (non-hydrogen) atoms. The Morgan fingerprint density at radius 2 is 1.61 bits per heavy atom. The molecule has 0 saturated carbocycles. The Morgan fingerprint density at radius 1 is 0.968 bits per heavy atom. The van der Waals surface area contributed by atoms with Crippen LogP contribution in [0.4, 0.5) is 0 Å². The molecule has 0 N–H and O–H groups in total. The highest BCUT2D eigenvalue weighted by atomic mass is 35.5. The highest BCUT2D eigenvalue weighted by Crippen LogP contribution is 2.26. The number of rotatable bonds is 9. The van der Waals surface area contributed by atoms with Gasteiger partial charge in [0.05, 0.1) is 6.54 Å². The molecule has 0 radical (unpaired) electrons. The summed E-state index contributed by atoms with van der Waals surface area (Å²) in [6, 6.07) is 16.4. The van der Waals surface area contributed by atoms with Crippen molar-refractivity contribution in [2.45, 2.75) is 6.92 Å². The second-order valence-corrected chi connectivity index (χ2v) is 7.05. The maximum absolute atomic E-state index is 6.19. The standard InChI is InChI=1S/C28H27ClN2/c1-6-12-21(7-2)20-31-28(30-5)26-16-11-15-25(18-26)24-14-10-13-23(17-24)22(8-3)19-27(29)9-4/h6-19H,1-3,5,20H2,4H3/b21-12+,22-19+,27-9+,31-28?. The predicted molar refractivity (Wildman–Crippen MR) is 139 cm³/mol. The van der Waals surface area contributed by atoms with Gasteiger partial charge in [-0.15, -0.1) is 0 Å². The fourth-order valence-corrected chi connectivity index (χ4v) is 3.06. The van der Waals surface area contributed by atoms with Gasteiger partial charge in [0.15, 0.2) is 5.84 Å². The largest absolute Gasteiger partial charge is 0.261 e. The summed E-state index contributed by atoms with van der Waals surface area (Å²) in [5.41, 5.74) is 5.99. The molecule has 0 saturated heterocycles. The molecule has 2 rings (SSSR count). The second kappa shape index (κ2) is 12.3. The minimum atomic E-state index is 0.461. The second-order valence-electron chi connectivity index (χ2n) is 6.62. The number of allylic oxidation sites excluding steroid dienone is 7. The highest BCUT2D eigenvalue weighted by molar-refractivity contribution is 6.31. The van der Waals surface area contributed by atoms with Gasteiger partial charge in [0.1, 0.15) is 0 Å². The van der Waals surface area contributed by atoms with E-state index >= 15 is 0 Å². The van der Waals surface area contributed by atoms with Crippen molar-refractivity contribution < 1.29 is 0 Å². The zero-order chi connectivity index (χ0) is 22.6. The van der Waals surface area contributed by atoms with E-state index in [1.165, 1.54) is 0 Å². The first-order valence-electron chi connectivity index (χ1n) is 9.88. The van der Waals surface area contributed by atoms with Gasteiger partial charge >= 0.3 is 0 Å². The third kappa shape index (κ3) is 6.77. The molecule has 0 aliphatic rings. The number of aliphatic imine (C=N–C) groups is 2. The van der Waals surface area contributed by atoms with E-state index in [0.717, 1.165) is 33.4 Å². The topological polar surface area (TPSA) is 24.7 Å². The van der Waals surface area contributed by atoms with Crippen LogP contribution >= 0.6 is 11.6 Å². The first-order chi connectivity index (χ1) is 15.1. The van der Waals surface area contributed by atoms with Gasteiger partial charge in [0, 0.05) is 10.6 Å². The van der Waals surface area contributed by atoms with Crippen LogP contribution in [-0.4, -0.2) is 19.1 Å². The molecular weight excluding hydrogens is 400 g/mol. The van der Waals surface area contributed by atoms with Crippen LogP contribution in [0.3, 0.4) is 0 Å². The van der Waals surface area contributed by atoms with Gasteiger partial charge in [0.2, 0.25) is 0 Å². The maximum atomic E-state index is 6.19. The van der Waals surface area contributed by atoms with Gasteiger partial charge in [-0.25, -0.2) is 4.99 Å². The molecule has 0 fully saturated rings. The number of halogens is 1. The average molecular weight is 427 g/mol. The van der Waals surface area contributed by atoms with Crippen molar-refractivity contribution in [2.24, 2.45) is 9.98 Å². The van der Waals surface area contributed by atoms with Crippen molar-refractivity contribution in [2.75, 3.05) is 6.54 Å². The Labute approximate surface area is 190 Å².